The molecule has 0 N–H and O–H groups in total. The van der Waals surface area contributed by atoms with Crippen LogP contribution in [0.5, 0.6) is 0 Å². The Kier molecular flexibility index (Phi) is 2.62. The van der Waals surface area contributed by atoms with E-state index < -0.39 is 32.3 Å². The van der Waals surface area contributed by atoms with Gasteiger partial charge in [0.05, 0.1) is 10.5 Å². The highest BCUT2D eigenvalue weighted by molar-refractivity contribution is 7.95. The van der Waals surface area contributed by atoms with Crippen molar-refractivity contribution in [1.82, 2.24) is 0 Å². The van der Waals surface area contributed by atoms with Crippen LogP contribution < -0.4 is 0 Å². The summed E-state index contributed by atoms with van der Waals surface area (Å²) in [4.78, 5) is 10.4. The predicted molar refractivity (Wildman–Crippen MR) is 57.3 cm³/mol. The van der Waals surface area contributed by atoms with Crippen LogP contribution in [0.2, 0.25) is 0 Å². The highest BCUT2D eigenvalue weighted by Crippen LogP contribution is 2.42. The third-order valence-electron chi connectivity index (χ3n) is 2.55. The molecule has 0 amide bonds. The van der Waals surface area contributed by atoms with Gasteiger partial charge in [-0.3, -0.25) is 4.79 Å². The Morgan fingerprint density at radius 3 is 2.33 bits per heavy atom. The van der Waals surface area contributed by atoms with Crippen molar-refractivity contribution < 1.29 is 26.4 Å². The molecule has 96 valence electrons. The minimum absolute atomic E-state index is 0.183. The number of Topliss-reactive ketones (excluding diaryl/α,β-unsaturated/α-hetero) is 1. The molecule has 7 heteroatoms. The van der Waals surface area contributed by atoms with Gasteiger partial charge in [-0.25, -0.2) is 8.42 Å². The van der Waals surface area contributed by atoms with E-state index in [1.807, 2.05) is 0 Å². The Morgan fingerprint density at radius 2 is 1.83 bits per heavy atom. The molecule has 0 unspecified atom stereocenters. The molecule has 0 aliphatic carbocycles. The summed E-state index contributed by atoms with van der Waals surface area (Å²) in [5.74, 6) is -0.586. The third kappa shape index (κ3) is 1.84. The number of sulfone groups is 1. The molecule has 0 saturated heterocycles. The van der Waals surface area contributed by atoms with E-state index in [1.54, 1.807) is 0 Å². The minimum atomic E-state index is -4.78. The maximum atomic E-state index is 12.7. The number of hydrogen-bond donors (Lipinski definition) is 0. The van der Waals surface area contributed by atoms with Gasteiger partial charge in [0, 0.05) is 16.5 Å². The number of halogens is 3. The normalized spacial score (nSPS) is 17.2. The van der Waals surface area contributed by atoms with E-state index in [2.05, 4.69) is 0 Å². The third-order valence-corrected chi connectivity index (χ3v) is 4.10. The van der Waals surface area contributed by atoms with Gasteiger partial charge in [-0.05, 0) is 13.0 Å². The van der Waals surface area contributed by atoms with Gasteiger partial charge in [0.2, 0.25) is 9.84 Å². The van der Waals surface area contributed by atoms with Gasteiger partial charge in [-0.1, -0.05) is 12.1 Å². The van der Waals surface area contributed by atoms with Gasteiger partial charge in [0.25, 0.3) is 0 Å². The molecule has 0 spiro atoms. The number of hydrogen-bond acceptors (Lipinski definition) is 3. The molecule has 1 aromatic rings. The van der Waals surface area contributed by atoms with Gasteiger partial charge in [-0.2, -0.15) is 13.2 Å². The van der Waals surface area contributed by atoms with Gasteiger partial charge >= 0.3 is 6.18 Å². The summed E-state index contributed by atoms with van der Waals surface area (Å²) in [6, 6.07) is 2.97. The summed E-state index contributed by atoms with van der Waals surface area (Å²) in [7, 11) is -4.22. The van der Waals surface area contributed by atoms with E-state index in [-0.39, 0.29) is 11.1 Å². The molecule has 0 bridgehead atoms. The number of ketones is 1. The molecule has 0 saturated carbocycles. The van der Waals surface area contributed by atoms with E-state index in [9.17, 15) is 26.4 Å². The summed E-state index contributed by atoms with van der Waals surface area (Å²) in [6.45, 7) is 1.11. The second kappa shape index (κ2) is 3.68. The first kappa shape index (κ1) is 12.8. The number of alkyl halides is 3. The average molecular weight is 276 g/mol. The van der Waals surface area contributed by atoms with Crippen molar-refractivity contribution in [3.8, 4) is 0 Å². The van der Waals surface area contributed by atoms with E-state index in [1.165, 1.54) is 6.07 Å². The number of allylic oxidation sites excluding steroid dienone is 1. The zero-order valence-electron chi connectivity index (χ0n) is 9.08. The molecule has 2 rings (SSSR count). The first-order valence-corrected chi connectivity index (χ1v) is 6.37. The monoisotopic (exact) mass is 276 g/mol. The lowest BCUT2D eigenvalue weighted by molar-refractivity contribution is -0.139. The number of rotatable bonds is 1. The molecule has 1 aromatic carbocycles. The Balaban J connectivity index is 2.84. The van der Waals surface area contributed by atoms with Crippen LogP contribution in [0.3, 0.4) is 0 Å². The fourth-order valence-electron chi connectivity index (χ4n) is 1.83. The van der Waals surface area contributed by atoms with Crippen molar-refractivity contribution in [2.75, 3.05) is 0 Å². The molecule has 1 aliphatic heterocycles. The first-order chi connectivity index (χ1) is 8.14. The van der Waals surface area contributed by atoms with Crippen molar-refractivity contribution in [2.24, 2.45) is 0 Å². The zero-order valence-corrected chi connectivity index (χ0v) is 9.89. The Bertz CT molecular complexity index is 669. The van der Waals surface area contributed by atoms with Crippen molar-refractivity contribution in [3.05, 3.63) is 34.7 Å². The van der Waals surface area contributed by atoms with Crippen LogP contribution in [0.15, 0.2) is 28.5 Å². The SMILES string of the molecule is CC(=O)C1=CS(=O)(=O)c2c1cccc2C(F)(F)F. The lowest BCUT2D eigenvalue weighted by Gasteiger charge is -2.11. The molecule has 1 aliphatic rings. The fourth-order valence-corrected chi connectivity index (χ4v) is 3.52. The van der Waals surface area contributed by atoms with Gasteiger partial charge in [0.15, 0.2) is 5.78 Å². The molecule has 0 radical (unpaired) electrons. The van der Waals surface area contributed by atoms with Crippen molar-refractivity contribution in [2.45, 2.75) is 18.0 Å². The van der Waals surface area contributed by atoms with Crippen molar-refractivity contribution >= 4 is 21.2 Å². The van der Waals surface area contributed by atoms with E-state index in [0.29, 0.717) is 11.5 Å². The topological polar surface area (TPSA) is 51.2 Å². The summed E-state index contributed by atoms with van der Waals surface area (Å²) < 4.78 is 61.6. The summed E-state index contributed by atoms with van der Waals surface area (Å²) in [5.41, 5.74) is -1.64. The van der Waals surface area contributed by atoms with E-state index in [0.717, 1.165) is 13.0 Å². The van der Waals surface area contributed by atoms with Crippen LogP contribution in [-0.2, 0) is 20.8 Å². The first-order valence-electron chi connectivity index (χ1n) is 4.83. The quantitative estimate of drug-likeness (QED) is 0.791. The van der Waals surface area contributed by atoms with Crippen LogP contribution >= 0.6 is 0 Å². The van der Waals surface area contributed by atoms with Gasteiger partial charge in [-0.15, -0.1) is 0 Å². The van der Waals surface area contributed by atoms with E-state index >= 15 is 0 Å². The maximum Gasteiger partial charge on any atom is 0.417 e. The Hall–Kier alpha value is -1.63. The maximum absolute atomic E-state index is 12.7. The second-order valence-electron chi connectivity index (χ2n) is 3.81. The van der Waals surface area contributed by atoms with Crippen LogP contribution in [-0.4, -0.2) is 14.2 Å². The average Bonchev–Trinajstić information content (AvgIpc) is 2.50. The number of carbonyl (C=O) groups is 1. The Labute approximate surface area is 101 Å². The fraction of sp³-hybridized carbons (Fsp3) is 0.182. The number of carbonyl (C=O) groups excluding carboxylic acids is 1. The molecule has 18 heavy (non-hydrogen) atoms. The molecular formula is C11H7F3O3S. The molecular weight excluding hydrogens is 269 g/mol. The predicted octanol–water partition coefficient (Wildman–Crippen LogP) is 2.42. The summed E-state index contributed by atoms with van der Waals surface area (Å²) in [5, 5.41) is 0.592. The summed E-state index contributed by atoms with van der Waals surface area (Å²) in [6.07, 6.45) is -4.78. The number of benzene rings is 1. The molecule has 0 aromatic heterocycles. The number of fused-ring (bicyclic) bond motifs is 1. The zero-order chi connectivity index (χ0) is 13.7. The standard InChI is InChI=1S/C11H7F3O3S/c1-6(15)8-5-18(16,17)10-7(8)3-2-4-9(10)11(12,13)14/h2-5H,1H3. The van der Waals surface area contributed by atoms with Gasteiger partial charge < -0.3 is 0 Å². The van der Waals surface area contributed by atoms with Gasteiger partial charge in [0.1, 0.15) is 0 Å². The smallest absolute Gasteiger partial charge is 0.294 e. The minimum Gasteiger partial charge on any atom is -0.294 e. The lowest BCUT2D eigenvalue weighted by Crippen LogP contribution is -2.11. The largest absolute Gasteiger partial charge is 0.417 e. The molecule has 3 nitrogen and oxygen atoms in total. The molecule has 1 heterocycles. The van der Waals surface area contributed by atoms with E-state index in [4.69, 9.17) is 0 Å². The van der Waals surface area contributed by atoms with Crippen LogP contribution in [0.4, 0.5) is 13.2 Å². The molecule has 0 fully saturated rings. The van der Waals surface area contributed by atoms with Crippen molar-refractivity contribution in [1.29, 1.82) is 0 Å². The lowest BCUT2D eigenvalue weighted by atomic mass is 10.0. The highest BCUT2D eigenvalue weighted by Gasteiger charge is 2.41. The van der Waals surface area contributed by atoms with Crippen LogP contribution in [0.1, 0.15) is 18.1 Å². The Morgan fingerprint density at radius 1 is 1.22 bits per heavy atom. The molecule has 0 atom stereocenters. The highest BCUT2D eigenvalue weighted by atomic mass is 32.2. The second-order valence-corrected chi connectivity index (χ2v) is 5.55. The van der Waals surface area contributed by atoms with Crippen LogP contribution in [0.25, 0.3) is 5.57 Å². The van der Waals surface area contributed by atoms with Crippen LogP contribution in [0, 0.1) is 0 Å². The summed E-state index contributed by atoms with van der Waals surface area (Å²) >= 11 is 0. The van der Waals surface area contributed by atoms with Crippen molar-refractivity contribution in [3.63, 3.8) is 0 Å².